The summed E-state index contributed by atoms with van der Waals surface area (Å²) in [6.45, 7) is 3.26. The summed E-state index contributed by atoms with van der Waals surface area (Å²) in [5.74, 6) is 0.787. The molecule has 0 atom stereocenters. The van der Waals surface area contributed by atoms with Gasteiger partial charge in [0.25, 0.3) is 11.5 Å². The van der Waals surface area contributed by atoms with E-state index in [4.69, 9.17) is 0 Å². The van der Waals surface area contributed by atoms with Crippen LogP contribution in [0.1, 0.15) is 66.0 Å². The third kappa shape index (κ3) is 3.22. The number of carbonyl (C=O) groups is 1. The van der Waals surface area contributed by atoms with Crippen molar-refractivity contribution in [2.24, 2.45) is 0 Å². The first-order valence-corrected chi connectivity index (χ1v) is 10.5. The minimum absolute atomic E-state index is 0.0184. The minimum atomic E-state index is -0.0794. The number of allylic oxidation sites excluding steroid dienone is 1. The van der Waals surface area contributed by atoms with Crippen molar-refractivity contribution in [2.75, 3.05) is 6.54 Å². The Kier molecular flexibility index (Phi) is 4.94. The minimum Gasteiger partial charge on any atom is -0.351 e. The second-order valence-corrected chi connectivity index (χ2v) is 8.29. The summed E-state index contributed by atoms with van der Waals surface area (Å²) >= 11 is 1.35. The van der Waals surface area contributed by atoms with Crippen molar-refractivity contribution < 1.29 is 4.79 Å². The van der Waals surface area contributed by atoms with E-state index in [1.54, 1.807) is 4.57 Å². The molecule has 1 amide bonds. The Bertz CT molecular complexity index is 939. The number of hydrogen-bond donors (Lipinski definition) is 1. The first-order valence-electron chi connectivity index (χ1n) is 9.64. The van der Waals surface area contributed by atoms with Gasteiger partial charge >= 0.3 is 0 Å². The second kappa shape index (κ2) is 7.35. The molecule has 1 aliphatic heterocycles. The van der Waals surface area contributed by atoms with E-state index in [-0.39, 0.29) is 11.5 Å². The van der Waals surface area contributed by atoms with E-state index < -0.39 is 0 Å². The van der Waals surface area contributed by atoms with Gasteiger partial charge in [0, 0.05) is 19.5 Å². The van der Waals surface area contributed by atoms with Crippen molar-refractivity contribution in [3.8, 4) is 0 Å². The molecule has 2 aliphatic rings. The number of nitrogens with one attached hydrogen (secondary N) is 1. The number of thiophene rings is 1. The molecule has 5 nitrogen and oxygen atoms in total. The Morgan fingerprint density at radius 3 is 2.92 bits per heavy atom. The number of fused-ring (bicyclic) bond motifs is 2. The summed E-state index contributed by atoms with van der Waals surface area (Å²) in [6.07, 6.45) is 11.0. The average Bonchev–Trinajstić information content (AvgIpc) is 2.99. The maximum atomic E-state index is 12.8. The summed E-state index contributed by atoms with van der Waals surface area (Å²) in [5, 5.41) is 3.66. The largest absolute Gasteiger partial charge is 0.351 e. The smallest absolute Gasteiger partial charge is 0.262 e. The van der Waals surface area contributed by atoms with Gasteiger partial charge in [-0.1, -0.05) is 11.6 Å². The zero-order valence-corrected chi connectivity index (χ0v) is 16.1. The van der Waals surface area contributed by atoms with Gasteiger partial charge in [0.05, 0.1) is 10.3 Å². The highest BCUT2D eigenvalue weighted by Crippen LogP contribution is 2.28. The van der Waals surface area contributed by atoms with Gasteiger partial charge in [0.2, 0.25) is 0 Å². The molecule has 2 aromatic rings. The van der Waals surface area contributed by atoms with Crippen LogP contribution < -0.4 is 10.9 Å². The molecule has 138 valence electrons. The van der Waals surface area contributed by atoms with Gasteiger partial charge < -0.3 is 5.32 Å². The second-order valence-electron chi connectivity index (χ2n) is 7.29. The van der Waals surface area contributed by atoms with Gasteiger partial charge in [-0.25, -0.2) is 4.98 Å². The Hall–Kier alpha value is -1.95. The Morgan fingerprint density at radius 2 is 2.12 bits per heavy atom. The predicted molar refractivity (Wildman–Crippen MR) is 105 cm³/mol. The fourth-order valence-corrected chi connectivity index (χ4v) is 5.11. The quantitative estimate of drug-likeness (QED) is 0.833. The Morgan fingerprint density at radius 1 is 1.27 bits per heavy atom. The SMILES string of the molecule is Cc1c(C(=O)NCCC2=CCCCC2)sc2nc3n(c(=O)c12)CCCC3. The van der Waals surface area contributed by atoms with Gasteiger partial charge in [0.15, 0.2) is 0 Å². The average molecular weight is 372 g/mol. The standard InChI is InChI=1S/C20H25N3O2S/c1-13-16-19(22-15-9-5-6-12-23(15)20(16)25)26-17(13)18(24)21-11-10-14-7-3-2-4-8-14/h7H,2-6,8-12H2,1H3,(H,21,24). The maximum Gasteiger partial charge on any atom is 0.262 e. The molecule has 6 heteroatoms. The van der Waals surface area contributed by atoms with Crippen LogP contribution in [0.15, 0.2) is 16.4 Å². The van der Waals surface area contributed by atoms with Crippen LogP contribution in [0.4, 0.5) is 0 Å². The molecule has 1 aliphatic carbocycles. The molecule has 4 rings (SSSR count). The molecular formula is C20H25N3O2S. The van der Waals surface area contributed by atoms with Crippen molar-refractivity contribution in [2.45, 2.75) is 64.8 Å². The third-order valence-corrected chi connectivity index (χ3v) is 6.67. The zero-order valence-electron chi connectivity index (χ0n) is 15.3. The van der Waals surface area contributed by atoms with E-state index in [0.29, 0.717) is 21.6 Å². The molecular weight excluding hydrogens is 346 g/mol. The monoisotopic (exact) mass is 371 g/mol. The van der Waals surface area contributed by atoms with E-state index >= 15 is 0 Å². The molecule has 3 heterocycles. The lowest BCUT2D eigenvalue weighted by Crippen LogP contribution is -2.28. The number of amides is 1. The zero-order chi connectivity index (χ0) is 18.1. The molecule has 1 N–H and O–H groups in total. The van der Waals surface area contributed by atoms with Crippen LogP contribution in [0, 0.1) is 6.92 Å². The Labute approximate surface area is 157 Å². The lowest BCUT2D eigenvalue weighted by molar-refractivity contribution is 0.0957. The fraction of sp³-hybridized carbons (Fsp3) is 0.550. The summed E-state index contributed by atoms with van der Waals surface area (Å²) in [6, 6.07) is 0. The van der Waals surface area contributed by atoms with Crippen molar-refractivity contribution in [3.63, 3.8) is 0 Å². The van der Waals surface area contributed by atoms with E-state index in [2.05, 4.69) is 16.4 Å². The number of aryl methyl sites for hydroxylation is 2. The summed E-state index contributed by atoms with van der Waals surface area (Å²) in [5.41, 5.74) is 2.25. The van der Waals surface area contributed by atoms with Crippen LogP contribution in [-0.4, -0.2) is 22.0 Å². The number of carbonyl (C=O) groups excluding carboxylic acids is 1. The van der Waals surface area contributed by atoms with Crippen LogP contribution in [0.3, 0.4) is 0 Å². The molecule has 0 saturated heterocycles. The van der Waals surface area contributed by atoms with Crippen molar-refractivity contribution in [1.29, 1.82) is 0 Å². The fourth-order valence-electron chi connectivity index (χ4n) is 4.00. The third-order valence-electron chi connectivity index (χ3n) is 5.48. The van der Waals surface area contributed by atoms with E-state index in [1.165, 1.54) is 36.2 Å². The van der Waals surface area contributed by atoms with Gasteiger partial charge in [0.1, 0.15) is 10.7 Å². The summed E-state index contributed by atoms with van der Waals surface area (Å²) in [7, 11) is 0. The number of rotatable bonds is 4. The summed E-state index contributed by atoms with van der Waals surface area (Å²) in [4.78, 5) is 31.5. The van der Waals surface area contributed by atoms with E-state index in [9.17, 15) is 9.59 Å². The lowest BCUT2D eigenvalue weighted by atomic mass is 9.97. The van der Waals surface area contributed by atoms with Crippen LogP contribution >= 0.6 is 11.3 Å². The molecule has 0 radical (unpaired) electrons. The topological polar surface area (TPSA) is 64.0 Å². The van der Waals surface area contributed by atoms with Gasteiger partial charge in [-0.05, 0) is 57.4 Å². The Balaban J connectivity index is 1.55. The van der Waals surface area contributed by atoms with Crippen LogP contribution in [0.2, 0.25) is 0 Å². The van der Waals surface area contributed by atoms with E-state index in [1.807, 2.05) is 6.92 Å². The van der Waals surface area contributed by atoms with Crippen molar-refractivity contribution in [3.05, 3.63) is 38.3 Å². The predicted octanol–water partition coefficient (Wildman–Crippen LogP) is 3.72. The van der Waals surface area contributed by atoms with Crippen LogP contribution in [0.25, 0.3) is 10.2 Å². The van der Waals surface area contributed by atoms with Crippen molar-refractivity contribution >= 4 is 27.5 Å². The highest BCUT2D eigenvalue weighted by atomic mass is 32.1. The number of aromatic nitrogens is 2. The van der Waals surface area contributed by atoms with Gasteiger partial charge in [-0.3, -0.25) is 14.2 Å². The van der Waals surface area contributed by atoms with Crippen LogP contribution in [-0.2, 0) is 13.0 Å². The highest BCUT2D eigenvalue weighted by molar-refractivity contribution is 7.20. The number of hydrogen-bond acceptors (Lipinski definition) is 4. The maximum absolute atomic E-state index is 12.8. The van der Waals surface area contributed by atoms with E-state index in [0.717, 1.165) is 50.0 Å². The first kappa shape index (κ1) is 17.5. The highest BCUT2D eigenvalue weighted by Gasteiger charge is 2.22. The van der Waals surface area contributed by atoms with Crippen LogP contribution in [0.5, 0.6) is 0 Å². The van der Waals surface area contributed by atoms with Crippen molar-refractivity contribution in [1.82, 2.24) is 14.9 Å². The molecule has 0 fully saturated rings. The van der Waals surface area contributed by atoms with Gasteiger partial charge in [-0.2, -0.15) is 0 Å². The summed E-state index contributed by atoms with van der Waals surface area (Å²) < 4.78 is 1.79. The molecule has 0 unspecified atom stereocenters. The lowest BCUT2D eigenvalue weighted by Gasteiger charge is -2.16. The molecule has 0 spiro atoms. The first-order chi connectivity index (χ1) is 12.6. The van der Waals surface area contributed by atoms with Gasteiger partial charge in [-0.15, -0.1) is 11.3 Å². The number of nitrogens with zero attached hydrogens (tertiary/aromatic N) is 2. The molecule has 26 heavy (non-hydrogen) atoms. The molecule has 0 aromatic carbocycles. The molecule has 0 bridgehead atoms. The molecule has 0 saturated carbocycles. The normalized spacial score (nSPS) is 17.0. The molecule has 2 aromatic heterocycles.